The van der Waals surface area contributed by atoms with Gasteiger partial charge in [0.1, 0.15) is 0 Å². The molecule has 1 unspecified atom stereocenters. The summed E-state index contributed by atoms with van der Waals surface area (Å²) in [5.41, 5.74) is 2.24. The van der Waals surface area contributed by atoms with Crippen molar-refractivity contribution in [2.45, 2.75) is 13.0 Å². The minimum Gasteiger partial charge on any atom is -0.449 e. The number of anilines is 1. The molecule has 1 heterocycles. The van der Waals surface area contributed by atoms with Gasteiger partial charge in [-0.1, -0.05) is 18.2 Å². The van der Waals surface area contributed by atoms with Crippen molar-refractivity contribution in [1.29, 1.82) is 0 Å². The molecule has 6 heteroatoms. The van der Waals surface area contributed by atoms with Crippen LogP contribution in [0, 0.1) is 0 Å². The number of hydrogen-bond acceptors (Lipinski definition) is 5. The van der Waals surface area contributed by atoms with Crippen molar-refractivity contribution in [3.8, 4) is 0 Å². The summed E-state index contributed by atoms with van der Waals surface area (Å²) in [5.74, 6) is -0.978. The van der Waals surface area contributed by atoms with Crippen LogP contribution in [-0.2, 0) is 9.53 Å². The van der Waals surface area contributed by atoms with E-state index in [0.717, 1.165) is 0 Å². The molecular weight excluding hydrogens is 306 g/mol. The third kappa shape index (κ3) is 3.55. The SMILES string of the molecule is CC(OC(=O)c1ccc2nccnc2c1)C(=O)Nc1ccccc1. The predicted octanol–water partition coefficient (Wildman–Crippen LogP) is 2.81. The standard InChI is InChI=1S/C18H15N3O3/c1-12(17(22)21-14-5-3-2-4-6-14)24-18(23)13-7-8-15-16(11-13)20-10-9-19-15/h2-12H,1H3,(H,21,22). The van der Waals surface area contributed by atoms with Crippen molar-refractivity contribution in [1.82, 2.24) is 9.97 Å². The highest BCUT2D eigenvalue weighted by atomic mass is 16.5. The van der Waals surface area contributed by atoms with Crippen LogP contribution in [0.4, 0.5) is 5.69 Å². The zero-order valence-corrected chi connectivity index (χ0v) is 13.0. The quantitative estimate of drug-likeness (QED) is 0.747. The molecule has 1 aromatic heterocycles. The number of carbonyl (C=O) groups excluding carboxylic acids is 2. The Morgan fingerprint density at radius 2 is 1.71 bits per heavy atom. The van der Waals surface area contributed by atoms with Crippen molar-refractivity contribution in [3.63, 3.8) is 0 Å². The lowest BCUT2D eigenvalue weighted by atomic mass is 10.2. The maximum Gasteiger partial charge on any atom is 0.338 e. The van der Waals surface area contributed by atoms with E-state index in [1.165, 1.54) is 6.92 Å². The second kappa shape index (κ2) is 6.87. The molecule has 0 aliphatic heterocycles. The molecule has 1 N–H and O–H groups in total. The number of hydrogen-bond donors (Lipinski definition) is 1. The summed E-state index contributed by atoms with van der Waals surface area (Å²) in [4.78, 5) is 32.6. The lowest BCUT2D eigenvalue weighted by molar-refractivity contribution is -0.123. The molecule has 1 amide bonds. The lowest BCUT2D eigenvalue weighted by Crippen LogP contribution is -2.30. The van der Waals surface area contributed by atoms with Gasteiger partial charge in [-0.2, -0.15) is 0 Å². The minimum absolute atomic E-state index is 0.322. The molecule has 6 nitrogen and oxygen atoms in total. The summed E-state index contributed by atoms with van der Waals surface area (Å²) < 4.78 is 5.22. The van der Waals surface area contributed by atoms with E-state index in [-0.39, 0.29) is 0 Å². The second-order valence-corrected chi connectivity index (χ2v) is 5.16. The van der Waals surface area contributed by atoms with Crippen LogP contribution >= 0.6 is 0 Å². The molecule has 0 bridgehead atoms. The number of benzene rings is 2. The maximum absolute atomic E-state index is 12.2. The summed E-state index contributed by atoms with van der Waals surface area (Å²) in [6.07, 6.45) is 2.21. The molecule has 120 valence electrons. The van der Waals surface area contributed by atoms with E-state index in [2.05, 4.69) is 15.3 Å². The average Bonchev–Trinajstić information content (AvgIpc) is 2.62. The molecule has 3 aromatic rings. The molecular formula is C18H15N3O3. The Labute approximate surface area is 138 Å². The predicted molar refractivity (Wildman–Crippen MR) is 89.5 cm³/mol. The smallest absolute Gasteiger partial charge is 0.338 e. The zero-order valence-electron chi connectivity index (χ0n) is 13.0. The Bertz CT molecular complexity index is 881. The van der Waals surface area contributed by atoms with Crippen LogP contribution in [0.15, 0.2) is 60.9 Å². The van der Waals surface area contributed by atoms with Gasteiger partial charge in [-0.25, -0.2) is 4.79 Å². The maximum atomic E-state index is 12.2. The molecule has 24 heavy (non-hydrogen) atoms. The number of carbonyl (C=O) groups is 2. The number of rotatable bonds is 4. The van der Waals surface area contributed by atoms with Crippen LogP contribution in [0.2, 0.25) is 0 Å². The van der Waals surface area contributed by atoms with Gasteiger partial charge < -0.3 is 10.1 Å². The van der Waals surface area contributed by atoms with E-state index in [1.807, 2.05) is 18.2 Å². The van der Waals surface area contributed by atoms with Gasteiger partial charge >= 0.3 is 5.97 Å². The van der Waals surface area contributed by atoms with Crippen LogP contribution < -0.4 is 5.32 Å². The highest BCUT2D eigenvalue weighted by Gasteiger charge is 2.19. The van der Waals surface area contributed by atoms with Gasteiger partial charge in [0.25, 0.3) is 5.91 Å². The van der Waals surface area contributed by atoms with Crippen LogP contribution in [0.5, 0.6) is 0 Å². The Morgan fingerprint density at radius 3 is 2.46 bits per heavy atom. The number of fused-ring (bicyclic) bond motifs is 1. The minimum atomic E-state index is -0.921. The van der Waals surface area contributed by atoms with E-state index < -0.39 is 18.0 Å². The fourth-order valence-corrected chi connectivity index (χ4v) is 2.14. The van der Waals surface area contributed by atoms with E-state index in [4.69, 9.17) is 4.74 Å². The number of ether oxygens (including phenoxy) is 1. The number of aromatic nitrogens is 2. The van der Waals surface area contributed by atoms with Crippen molar-refractivity contribution in [2.24, 2.45) is 0 Å². The van der Waals surface area contributed by atoms with Gasteiger partial charge in [-0.3, -0.25) is 14.8 Å². The normalized spacial score (nSPS) is 11.7. The van der Waals surface area contributed by atoms with Crippen LogP contribution in [0.3, 0.4) is 0 Å². The Kier molecular flexibility index (Phi) is 4.47. The first-order valence-corrected chi connectivity index (χ1v) is 7.41. The molecule has 3 rings (SSSR count). The number of nitrogens with zero attached hydrogens (tertiary/aromatic N) is 2. The summed E-state index contributed by atoms with van der Waals surface area (Å²) >= 11 is 0. The van der Waals surface area contributed by atoms with E-state index >= 15 is 0 Å². The van der Waals surface area contributed by atoms with Gasteiger partial charge in [0.05, 0.1) is 16.6 Å². The summed E-state index contributed by atoms with van der Waals surface area (Å²) in [5, 5.41) is 2.69. The third-order valence-electron chi connectivity index (χ3n) is 3.40. The molecule has 0 aliphatic rings. The van der Waals surface area contributed by atoms with Crippen molar-refractivity contribution in [3.05, 3.63) is 66.5 Å². The first-order valence-electron chi connectivity index (χ1n) is 7.41. The van der Waals surface area contributed by atoms with Gasteiger partial charge in [0.2, 0.25) is 0 Å². The summed E-state index contributed by atoms with van der Waals surface area (Å²) in [6, 6.07) is 13.9. The third-order valence-corrected chi connectivity index (χ3v) is 3.40. The fourth-order valence-electron chi connectivity index (χ4n) is 2.14. The van der Waals surface area contributed by atoms with E-state index in [1.54, 1.807) is 42.7 Å². The first-order chi connectivity index (χ1) is 11.6. The molecule has 0 fully saturated rings. The van der Waals surface area contributed by atoms with Crippen molar-refractivity contribution >= 4 is 28.6 Å². The number of para-hydroxylation sites is 1. The Morgan fingerprint density at radius 1 is 1.00 bits per heavy atom. The molecule has 0 radical (unpaired) electrons. The zero-order chi connectivity index (χ0) is 16.9. The van der Waals surface area contributed by atoms with Crippen LogP contribution in [0.25, 0.3) is 11.0 Å². The second-order valence-electron chi connectivity index (χ2n) is 5.16. The average molecular weight is 321 g/mol. The molecule has 0 saturated carbocycles. The van der Waals surface area contributed by atoms with Crippen LogP contribution in [-0.4, -0.2) is 27.9 Å². The van der Waals surface area contributed by atoms with Crippen LogP contribution in [0.1, 0.15) is 17.3 Å². The Hall–Kier alpha value is -3.28. The van der Waals surface area contributed by atoms with E-state index in [0.29, 0.717) is 22.3 Å². The molecule has 0 spiro atoms. The monoisotopic (exact) mass is 321 g/mol. The molecule has 0 aliphatic carbocycles. The topological polar surface area (TPSA) is 81.2 Å². The summed E-state index contributed by atoms with van der Waals surface area (Å²) in [7, 11) is 0. The highest BCUT2D eigenvalue weighted by molar-refractivity contribution is 5.98. The number of amides is 1. The first kappa shape index (κ1) is 15.6. The number of esters is 1. The number of nitrogens with one attached hydrogen (secondary N) is 1. The molecule has 1 atom stereocenters. The highest BCUT2D eigenvalue weighted by Crippen LogP contribution is 2.13. The van der Waals surface area contributed by atoms with Crippen molar-refractivity contribution in [2.75, 3.05) is 5.32 Å². The van der Waals surface area contributed by atoms with Gasteiger partial charge in [-0.05, 0) is 37.3 Å². The lowest BCUT2D eigenvalue weighted by Gasteiger charge is -2.13. The van der Waals surface area contributed by atoms with Gasteiger partial charge in [-0.15, -0.1) is 0 Å². The van der Waals surface area contributed by atoms with Gasteiger partial charge in [0.15, 0.2) is 6.10 Å². The van der Waals surface area contributed by atoms with Crippen molar-refractivity contribution < 1.29 is 14.3 Å². The van der Waals surface area contributed by atoms with E-state index in [9.17, 15) is 9.59 Å². The Balaban J connectivity index is 1.67. The molecule has 2 aromatic carbocycles. The summed E-state index contributed by atoms with van der Waals surface area (Å²) in [6.45, 7) is 1.52. The molecule has 0 saturated heterocycles. The van der Waals surface area contributed by atoms with Gasteiger partial charge in [0, 0.05) is 18.1 Å². The fraction of sp³-hybridized carbons (Fsp3) is 0.111. The largest absolute Gasteiger partial charge is 0.449 e.